The van der Waals surface area contributed by atoms with Gasteiger partial charge in [-0.15, -0.1) is 0 Å². The Morgan fingerprint density at radius 1 is 1.35 bits per heavy atom. The molecule has 1 amide bonds. The lowest BCUT2D eigenvalue weighted by atomic mass is 10.2. The number of hydrogen-bond donors (Lipinski definition) is 1. The Labute approximate surface area is 182 Å². The SMILES string of the molecule is CC(C)Oc1cccc2nc(CN(C(=O)O)c3cc(Cl)nc4c(C5CC5)cnn34)cn12. The highest BCUT2D eigenvalue weighted by molar-refractivity contribution is 6.29. The van der Waals surface area contributed by atoms with Crippen LogP contribution >= 0.6 is 11.6 Å². The van der Waals surface area contributed by atoms with Crippen LogP contribution in [0.3, 0.4) is 0 Å². The normalized spacial score (nSPS) is 13.9. The minimum absolute atomic E-state index is 0.000286. The van der Waals surface area contributed by atoms with Crippen LogP contribution in [0.4, 0.5) is 10.6 Å². The third-order valence-corrected chi connectivity index (χ3v) is 5.35. The van der Waals surface area contributed by atoms with E-state index in [2.05, 4.69) is 15.1 Å². The number of nitrogens with zero attached hydrogens (tertiary/aromatic N) is 6. The van der Waals surface area contributed by atoms with Crippen LogP contribution in [0.15, 0.2) is 36.7 Å². The summed E-state index contributed by atoms with van der Waals surface area (Å²) in [5.41, 5.74) is 2.83. The molecule has 1 aliphatic carbocycles. The lowest BCUT2D eigenvalue weighted by Gasteiger charge is -2.19. The van der Waals surface area contributed by atoms with Gasteiger partial charge in [0, 0.05) is 17.8 Å². The van der Waals surface area contributed by atoms with Crippen LogP contribution in [-0.4, -0.2) is 41.3 Å². The molecular weight excluding hydrogens is 420 g/mol. The molecule has 1 fully saturated rings. The third kappa shape index (κ3) is 3.65. The summed E-state index contributed by atoms with van der Waals surface area (Å²) in [6, 6.07) is 7.06. The molecule has 31 heavy (non-hydrogen) atoms. The number of aromatic nitrogens is 5. The lowest BCUT2D eigenvalue weighted by molar-refractivity contribution is 0.201. The molecule has 0 aliphatic heterocycles. The Bertz CT molecular complexity index is 1290. The zero-order chi connectivity index (χ0) is 21.7. The Hall–Kier alpha value is -3.33. The Balaban J connectivity index is 1.55. The molecule has 0 saturated heterocycles. The minimum atomic E-state index is -1.14. The molecule has 4 aromatic heterocycles. The van der Waals surface area contributed by atoms with Gasteiger partial charge in [-0.2, -0.15) is 9.61 Å². The zero-order valence-corrected chi connectivity index (χ0v) is 17.8. The van der Waals surface area contributed by atoms with E-state index < -0.39 is 6.09 Å². The van der Waals surface area contributed by atoms with Gasteiger partial charge in [-0.3, -0.25) is 9.30 Å². The summed E-state index contributed by atoms with van der Waals surface area (Å²) in [5, 5.41) is 14.6. The smallest absolute Gasteiger partial charge is 0.413 e. The molecule has 0 aromatic carbocycles. The number of hydrogen-bond acceptors (Lipinski definition) is 5. The topological polar surface area (TPSA) is 97.3 Å². The molecule has 4 aromatic rings. The predicted octanol–water partition coefficient (Wildman–Crippen LogP) is 4.38. The van der Waals surface area contributed by atoms with Crippen LogP contribution in [0, 0.1) is 0 Å². The van der Waals surface area contributed by atoms with Gasteiger partial charge in [0.1, 0.15) is 16.6 Å². The van der Waals surface area contributed by atoms with Crippen molar-refractivity contribution in [1.29, 1.82) is 0 Å². The number of carbonyl (C=O) groups is 1. The standard InChI is InChI=1S/C21H21ClN6O3/c1-12(2)31-19-5-3-4-17-24-14(10-26(17)19)11-27(21(29)30)18-8-16(22)25-20-15(13-6-7-13)9-23-28(18)20/h3-5,8-10,12-13H,6-7,11H2,1-2H3,(H,29,30). The van der Waals surface area contributed by atoms with Crippen molar-refractivity contribution < 1.29 is 14.6 Å². The Morgan fingerprint density at radius 2 is 2.16 bits per heavy atom. The van der Waals surface area contributed by atoms with Crippen molar-refractivity contribution in [2.24, 2.45) is 0 Å². The highest BCUT2D eigenvalue weighted by Crippen LogP contribution is 2.42. The van der Waals surface area contributed by atoms with E-state index in [1.54, 1.807) is 12.4 Å². The van der Waals surface area contributed by atoms with Crippen LogP contribution in [0.25, 0.3) is 11.3 Å². The van der Waals surface area contributed by atoms with Gasteiger partial charge in [0.15, 0.2) is 11.5 Å². The molecular formula is C21H21ClN6O3. The molecule has 0 atom stereocenters. The van der Waals surface area contributed by atoms with Gasteiger partial charge >= 0.3 is 6.09 Å². The van der Waals surface area contributed by atoms with E-state index >= 15 is 0 Å². The largest absolute Gasteiger partial charge is 0.476 e. The molecule has 0 bridgehead atoms. The molecule has 1 N–H and O–H groups in total. The van der Waals surface area contributed by atoms with Crippen molar-refractivity contribution in [2.45, 2.75) is 45.3 Å². The molecule has 0 radical (unpaired) electrons. The maximum atomic E-state index is 12.2. The fourth-order valence-electron chi connectivity index (χ4n) is 3.67. The molecule has 9 nitrogen and oxygen atoms in total. The number of imidazole rings is 1. The van der Waals surface area contributed by atoms with Crippen molar-refractivity contribution in [3.05, 3.63) is 53.1 Å². The van der Waals surface area contributed by atoms with Gasteiger partial charge < -0.3 is 9.84 Å². The molecule has 4 heterocycles. The van der Waals surface area contributed by atoms with Gasteiger partial charge in [-0.1, -0.05) is 17.7 Å². The van der Waals surface area contributed by atoms with Crippen molar-refractivity contribution in [3.8, 4) is 5.88 Å². The summed E-state index contributed by atoms with van der Waals surface area (Å²) >= 11 is 6.25. The van der Waals surface area contributed by atoms with Crippen molar-refractivity contribution in [1.82, 2.24) is 24.0 Å². The highest BCUT2D eigenvalue weighted by Gasteiger charge is 2.29. The Kier molecular flexibility index (Phi) is 4.70. The third-order valence-electron chi connectivity index (χ3n) is 5.15. The Morgan fingerprint density at radius 3 is 2.87 bits per heavy atom. The van der Waals surface area contributed by atoms with Gasteiger partial charge in [-0.25, -0.2) is 14.8 Å². The quantitative estimate of drug-likeness (QED) is 0.447. The number of anilines is 1. The van der Waals surface area contributed by atoms with Gasteiger partial charge in [0.2, 0.25) is 0 Å². The molecule has 0 unspecified atom stereocenters. The van der Waals surface area contributed by atoms with Crippen LogP contribution in [0.1, 0.15) is 43.9 Å². The second-order valence-electron chi connectivity index (χ2n) is 7.91. The molecule has 1 aliphatic rings. The summed E-state index contributed by atoms with van der Waals surface area (Å²) in [5.74, 6) is 1.38. The van der Waals surface area contributed by atoms with Crippen LogP contribution in [-0.2, 0) is 6.54 Å². The van der Waals surface area contributed by atoms with Gasteiger partial charge in [0.25, 0.3) is 0 Å². The average Bonchev–Trinajstić information content (AvgIpc) is 3.32. The number of pyridine rings is 1. The maximum Gasteiger partial charge on any atom is 0.413 e. The van der Waals surface area contributed by atoms with Crippen LogP contribution in [0.2, 0.25) is 5.15 Å². The van der Waals surface area contributed by atoms with Crippen LogP contribution < -0.4 is 9.64 Å². The van der Waals surface area contributed by atoms with E-state index in [1.807, 2.05) is 36.4 Å². The second-order valence-corrected chi connectivity index (χ2v) is 8.29. The second kappa shape index (κ2) is 7.42. The summed E-state index contributed by atoms with van der Waals surface area (Å²) < 4.78 is 9.18. The van der Waals surface area contributed by atoms with Crippen molar-refractivity contribution in [2.75, 3.05) is 4.90 Å². The van der Waals surface area contributed by atoms with Gasteiger partial charge in [-0.05, 0) is 44.7 Å². The number of rotatable bonds is 6. The van der Waals surface area contributed by atoms with E-state index in [4.69, 9.17) is 16.3 Å². The number of amides is 1. The number of fused-ring (bicyclic) bond motifs is 2. The first-order valence-electron chi connectivity index (χ1n) is 10.1. The summed E-state index contributed by atoms with van der Waals surface area (Å²) in [6.07, 6.45) is 4.55. The maximum absolute atomic E-state index is 12.2. The molecule has 5 rings (SSSR count). The minimum Gasteiger partial charge on any atom is -0.476 e. The monoisotopic (exact) mass is 440 g/mol. The van der Waals surface area contributed by atoms with E-state index in [9.17, 15) is 9.90 Å². The number of ether oxygens (including phenoxy) is 1. The van der Waals surface area contributed by atoms with Crippen LogP contribution in [0.5, 0.6) is 5.88 Å². The summed E-state index contributed by atoms with van der Waals surface area (Å²) in [7, 11) is 0. The summed E-state index contributed by atoms with van der Waals surface area (Å²) in [4.78, 5) is 22.3. The van der Waals surface area contributed by atoms with E-state index in [0.717, 1.165) is 18.4 Å². The molecule has 10 heteroatoms. The van der Waals surface area contributed by atoms with E-state index in [1.165, 1.54) is 15.5 Å². The lowest BCUT2D eigenvalue weighted by Crippen LogP contribution is -2.31. The number of halogens is 1. The first-order valence-corrected chi connectivity index (χ1v) is 10.5. The van der Waals surface area contributed by atoms with Crippen molar-refractivity contribution in [3.63, 3.8) is 0 Å². The van der Waals surface area contributed by atoms with E-state index in [0.29, 0.717) is 34.6 Å². The molecule has 0 spiro atoms. The first-order chi connectivity index (χ1) is 14.9. The highest BCUT2D eigenvalue weighted by atomic mass is 35.5. The van der Waals surface area contributed by atoms with Crippen molar-refractivity contribution >= 4 is 34.8 Å². The predicted molar refractivity (Wildman–Crippen MR) is 115 cm³/mol. The van der Waals surface area contributed by atoms with Gasteiger partial charge in [0.05, 0.1) is 24.5 Å². The fourth-order valence-corrected chi connectivity index (χ4v) is 3.85. The average molecular weight is 441 g/mol. The fraction of sp³-hybridized carbons (Fsp3) is 0.333. The van der Waals surface area contributed by atoms with E-state index in [-0.39, 0.29) is 17.8 Å². The summed E-state index contributed by atoms with van der Waals surface area (Å²) in [6.45, 7) is 3.91. The zero-order valence-electron chi connectivity index (χ0n) is 17.1. The molecule has 160 valence electrons. The first kappa shape index (κ1) is 19.6. The molecule has 1 saturated carbocycles. The number of carboxylic acid groups (broad SMARTS) is 1.